The number of aliphatic hydroxyl groups is 1. The van der Waals surface area contributed by atoms with Gasteiger partial charge in [-0.25, -0.2) is 4.57 Å². The van der Waals surface area contributed by atoms with Gasteiger partial charge in [0, 0.05) is 86.7 Å². The maximum Gasteiger partial charge on any atom is 0.474 e. The Morgan fingerprint density at radius 3 is 1.74 bits per heavy atom. The third-order valence-corrected chi connectivity index (χ3v) is 22.9. The minimum Gasteiger partial charge on any atom is -0.462 e. The van der Waals surface area contributed by atoms with Crippen LogP contribution >= 0.6 is 7.82 Å². The molecule has 82 heavy (non-hydrogen) atoms. The first-order chi connectivity index (χ1) is 39.3. The van der Waals surface area contributed by atoms with E-state index in [1.54, 1.807) is 0 Å². The average molecular weight is 1180 g/mol. The lowest BCUT2D eigenvalue weighted by Crippen LogP contribution is -2.49. The number of carbonyl (C=O) groups is 2. The summed E-state index contributed by atoms with van der Waals surface area (Å²) in [6.45, 7) is 20.0. The lowest BCUT2D eigenvalue weighted by atomic mass is 9.76. The Morgan fingerprint density at radius 1 is 0.585 bits per heavy atom. The molecular weight excluding hydrogens is 1050 g/mol. The Morgan fingerprint density at radius 2 is 1.12 bits per heavy atom. The van der Waals surface area contributed by atoms with Crippen molar-refractivity contribution in [3.05, 3.63) is 0 Å². The molecule has 0 aromatic rings. The van der Waals surface area contributed by atoms with Crippen molar-refractivity contribution >= 4 is 19.8 Å². The molecular formula is C66H125N5O10P+. The number of esters is 2. The zero-order valence-electron chi connectivity index (χ0n) is 54.2. The Kier molecular flexibility index (Phi) is 29.9. The molecule has 0 aromatic heterocycles. The summed E-state index contributed by atoms with van der Waals surface area (Å²) in [7, 11) is 3.31. The maximum absolute atomic E-state index is 14.3. The van der Waals surface area contributed by atoms with E-state index in [1.807, 2.05) is 21.1 Å². The van der Waals surface area contributed by atoms with E-state index >= 15 is 0 Å². The van der Waals surface area contributed by atoms with Crippen molar-refractivity contribution in [3.63, 3.8) is 0 Å². The quantitative estimate of drug-likeness (QED) is 0.0171. The smallest absolute Gasteiger partial charge is 0.462 e. The average Bonchev–Trinajstić information content (AvgIpc) is 3.52. The van der Waals surface area contributed by atoms with Gasteiger partial charge in [-0.2, -0.15) is 0 Å². The molecule has 5 saturated heterocycles. The lowest BCUT2D eigenvalue weighted by molar-refractivity contribution is -0.870. The van der Waals surface area contributed by atoms with Crippen molar-refractivity contribution in [2.75, 3.05) is 61.2 Å². The van der Waals surface area contributed by atoms with Crippen LogP contribution in [-0.2, 0) is 41.9 Å². The van der Waals surface area contributed by atoms with Crippen molar-refractivity contribution in [3.8, 4) is 0 Å². The molecule has 6 rings (SSSR count). The number of rotatable bonds is 38. The van der Waals surface area contributed by atoms with E-state index in [0.29, 0.717) is 77.2 Å². The molecule has 0 amide bonds. The molecule has 8 bridgehead atoms. The highest BCUT2D eigenvalue weighted by molar-refractivity contribution is 7.48. The number of hydrogen-bond donors (Lipinski definition) is 5. The van der Waals surface area contributed by atoms with Gasteiger partial charge < -0.3 is 45.1 Å². The van der Waals surface area contributed by atoms with Gasteiger partial charge in [0.15, 0.2) is 6.10 Å². The molecule has 478 valence electrons. The van der Waals surface area contributed by atoms with Crippen molar-refractivity contribution < 1.29 is 51.5 Å². The molecule has 15 nitrogen and oxygen atoms in total. The van der Waals surface area contributed by atoms with Crippen LogP contribution in [0.15, 0.2) is 0 Å². The Hall–Kier alpha value is -1.23. The molecule has 5 heterocycles. The zero-order chi connectivity index (χ0) is 59.4. The molecule has 5 aliphatic heterocycles. The highest BCUT2D eigenvalue weighted by atomic mass is 31.2. The van der Waals surface area contributed by atoms with Crippen LogP contribution in [0.1, 0.15) is 229 Å². The minimum atomic E-state index is -4.01. The number of phosphoric acid groups is 1. The van der Waals surface area contributed by atoms with Crippen LogP contribution in [0.2, 0.25) is 0 Å². The SMILES string of the molecule is CCCCCCCCCCCCCCCC(=O)OCC(COP(=O)(OC)OCC[N+](C)(C)C)OC(=O)CCC1C(C)C2CC3NC(CC4NC(CC5NC6C(CC(O)C6C5C)C1N2)C(CC)C4C)C(C(C)OCCCCCCCC)C3C. The summed E-state index contributed by atoms with van der Waals surface area (Å²) in [4.78, 5) is 27.5. The van der Waals surface area contributed by atoms with E-state index in [-0.39, 0.29) is 86.5 Å². The standard InChI is InChI=1S/C66H125N5O10P/c1-13-16-18-20-22-23-24-25-26-27-28-29-31-33-61(73)78-43-50(44-80-82(75,76-12)79-38-36-71(9,10)11)81-62(74)35-34-52-46(5)55-40-56-47(6)63(49(8)77-37-32-30-21-19-17-14-2)59(68-56)42-54-45(4)51(15-3)58(67-54)41-57-48(7)64-60(72)39-53(65(52)69-55)66(64)70-57/h45-60,63-70,72H,13-44H2,1-12H3/q+1. The molecule has 6 aliphatic rings. The van der Waals surface area contributed by atoms with E-state index in [0.717, 1.165) is 64.4 Å². The molecule has 21 unspecified atom stereocenters. The topological polar surface area (TPSA) is 175 Å². The van der Waals surface area contributed by atoms with Gasteiger partial charge in [0.2, 0.25) is 0 Å². The molecule has 6 fully saturated rings. The van der Waals surface area contributed by atoms with Crippen LogP contribution in [0, 0.1) is 53.3 Å². The van der Waals surface area contributed by atoms with Crippen LogP contribution in [-0.4, -0.2) is 149 Å². The molecule has 5 N–H and O–H groups in total. The van der Waals surface area contributed by atoms with E-state index in [1.165, 1.54) is 103 Å². The zero-order valence-corrected chi connectivity index (χ0v) is 55.1. The summed E-state index contributed by atoms with van der Waals surface area (Å²) in [6.07, 6.45) is 28.1. The van der Waals surface area contributed by atoms with Crippen LogP contribution < -0.4 is 21.3 Å². The van der Waals surface area contributed by atoms with Gasteiger partial charge in [-0.05, 0) is 93.3 Å². The molecule has 21 atom stereocenters. The van der Waals surface area contributed by atoms with Crippen LogP contribution in [0.25, 0.3) is 0 Å². The number of nitrogens with zero attached hydrogens (tertiary/aromatic N) is 1. The Labute approximate surface area is 500 Å². The number of carbonyl (C=O) groups excluding carboxylic acids is 2. The lowest BCUT2D eigenvalue weighted by Gasteiger charge is -2.32. The number of fused-ring (bicyclic) bond motifs is 8. The van der Waals surface area contributed by atoms with E-state index in [2.05, 4.69) is 76.7 Å². The van der Waals surface area contributed by atoms with Gasteiger partial charge in [-0.1, -0.05) is 164 Å². The van der Waals surface area contributed by atoms with Crippen LogP contribution in [0.4, 0.5) is 0 Å². The molecule has 16 heteroatoms. The number of hydrogen-bond acceptors (Lipinski definition) is 14. The van der Waals surface area contributed by atoms with Gasteiger partial charge in [0.25, 0.3) is 0 Å². The molecule has 0 aromatic carbocycles. The highest BCUT2D eigenvalue weighted by Crippen LogP contribution is 2.52. The van der Waals surface area contributed by atoms with Crippen LogP contribution in [0.3, 0.4) is 0 Å². The first-order valence-electron chi connectivity index (χ1n) is 34.3. The summed E-state index contributed by atoms with van der Waals surface area (Å²) in [5, 5.41) is 29.1. The predicted octanol–water partition coefficient (Wildman–Crippen LogP) is 12.3. The first kappa shape index (κ1) is 69.9. The Bertz CT molecular complexity index is 1880. The predicted molar refractivity (Wildman–Crippen MR) is 330 cm³/mol. The van der Waals surface area contributed by atoms with Gasteiger partial charge in [0.05, 0.1) is 40.0 Å². The third-order valence-electron chi connectivity index (χ3n) is 21.5. The van der Waals surface area contributed by atoms with E-state index in [9.17, 15) is 19.3 Å². The number of likely N-dealkylation sites (N-methyl/N-ethyl adjacent to an activating group) is 1. The number of phosphoric ester groups is 1. The summed E-state index contributed by atoms with van der Waals surface area (Å²) >= 11 is 0. The molecule has 1 saturated carbocycles. The summed E-state index contributed by atoms with van der Waals surface area (Å²) in [5.74, 6) is 2.28. The van der Waals surface area contributed by atoms with Gasteiger partial charge in [-0.3, -0.25) is 23.2 Å². The molecule has 0 radical (unpaired) electrons. The van der Waals surface area contributed by atoms with Crippen LogP contribution in [0.5, 0.6) is 0 Å². The number of ether oxygens (including phenoxy) is 3. The van der Waals surface area contributed by atoms with Gasteiger partial charge in [0.1, 0.15) is 19.8 Å². The van der Waals surface area contributed by atoms with Crippen molar-refractivity contribution in [2.24, 2.45) is 53.3 Å². The van der Waals surface area contributed by atoms with Gasteiger partial charge in [-0.15, -0.1) is 0 Å². The van der Waals surface area contributed by atoms with E-state index in [4.69, 9.17) is 27.8 Å². The second-order valence-electron chi connectivity index (χ2n) is 28.3. The van der Waals surface area contributed by atoms with Gasteiger partial charge >= 0.3 is 19.8 Å². The number of unbranched alkanes of at least 4 members (excludes halogenated alkanes) is 17. The molecule has 1 aliphatic carbocycles. The number of aliphatic hydroxyl groups excluding tert-OH is 1. The summed E-state index contributed by atoms with van der Waals surface area (Å²) < 4.78 is 49.8. The highest BCUT2D eigenvalue weighted by Gasteiger charge is 2.59. The number of nitrogens with one attached hydrogen (secondary N) is 4. The van der Waals surface area contributed by atoms with Crippen molar-refractivity contribution in [1.82, 2.24) is 21.3 Å². The third kappa shape index (κ3) is 20.7. The fraction of sp³-hybridized carbons (Fsp3) is 0.970. The Balaban J connectivity index is 1.13. The maximum atomic E-state index is 14.3. The van der Waals surface area contributed by atoms with E-state index < -0.39 is 26.0 Å². The van der Waals surface area contributed by atoms with Crippen molar-refractivity contribution in [1.29, 1.82) is 0 Å². The second kappa shape index (κ2) is 35.1. The van der Waals surface area contributed by atoms with Crippen molar-refractivity contribution in [2.45, 2.75) is 295 Å². The fourth-order valence-corrected chi connectivity index (χ4v) is 17.4. The normalized spacial score (nSPS) is 35.0. The monoisotopic (exact) mass is 1180 g/mol. The minimum absolute atomic E-state index is 0.0886. The summed E-state index contributed by atoms with van der Waals surface area (Å²) in [5.41, 5.74) is 0. The molecule has 0 spiro atoms. The largest absolute Gasteiger partial charge is 0.474 e. The fourth-order valence-electron chi connectivity index (χ4n) is 16.5. The first-order valence-corrected chi connectivity index (χ1v) is 35.7. The second-order valence-corrected chi connectivity index (χ2v) is 30.1. The summed E-state index contributed by atoms with van der Waals surface area (Å²) in [6, 6.07) is 2.24. The number of quaternary nitrogens is 1.